The fourth-order valence-electron chi connectivity index (χ4n) is 0.464. The molecule has 0 rings (SSSR count). The van der Waals surface area contributed by atoms with Crippen molar-refractivity contribution in [3.63, 3.8) is 0 Å². The highest BCUT2D eigenvalue weighted by Crippen LogP contribution is 2.08. The van der Waals surface area contributed by atoms with E-state index >= 15 is 0 Å². The second-order valence-corrected chi connectivity index (χ2v) is 2.38. The maximum absolute atomic E-state index is 5.65. The van der Waals surface area contributed by atoms with Crippen LogP contribution in [0.3, 0.4) is 0 Å². The van der Waals surface area contributed by atoms with Crippen LogP contribution in [0.4, 0.5) is 0 Å². The van der Waals surface area contributed by atoms with Gasteiger partial charge in [-0.25, -0.2) is 0 Å². The molecule has 0 aromatic heterocycles. The summed E-state index contributed by atoms with van der Waals surface area (Å²) in [6.07, 6.45) is -0.399. The molecular formula is C5H10Cl2O2. The monoisotopic (exact) mass is 172 g/mol. The molecule has 0 aliphatic heterocycles. The van der Waals surface area contributed by atoms with Crippen LogP contribution >= 0.6 is 23.2 Å². The third kappa shape index (κ3) is 3.26. The average molecular weight is 173 g/mol. The van der Waals surface area contributed by atoms with Crippen LogP contribution in [0.2, 0.25) is 0 Å². The molecule has 1 atom stereocenters. The summed E-state index contributed by atoms with van der Waals surface area (Å²) in [5, 5.41) is -0.276. The van der Waals surface area contributed by atoms with Crippen LogP contribution in [0.5, 0.6) is 0 Å². The highest BCUT2D eigenvalue weighted by atomic mass is 35.5. The summed E-state index contributed by atoms with van der Waals surface area (Å²) >= 11 is 11.1. The lowest BCUT2D eigenvalue weighted by Gasteiger charge is -2.16. The molecule has 9 heavy (non-hydrogen) atoms. The number of methoxy groups -OCH3 is 2. The number of hydrogen-bond acceptors (Lipinski definition) is 2. The van der Waals surface area contributed by atoms with Crippen LogP contribution < -0.4 is 0 Å². The Morgan fingerprint density at radius 3 is 1.89 bits per heavy atom. The topological polar surface area (TPSA) is 18.5 Å². The fourth-order valence-corrected chi connectivity index (χ4v) is 0.815. The van der Waals surface area contributed by atoms with Gasteiger partial charge in [-0.05, 0) is 0 Å². The minimum absolute atomic E-state index is 0.276. The van der Waals surface area contributed by atoms with Gasteiger partial charge in [0.05, 0.1) is 5.38 Å². The number of alkyl halides is 2. The molecule has 0 bridgehead atoms. The van der Waals surface area contributed by atoms with E-state index in [1.807, 2.05) is 0 Å². The predicted octanol–water partition coefficient (Wildman–Crippen LogP) is 1.45. The fraction of sp³-hybridized carbons (Fsp3) is 1.00. The van der Waals surface area contributed by atoms with Gasteiger partial charge in [0.15, 0.2) is 6.29 Å². The van der Waals surface area contributed by atoms with Crippen LogP contribution in [0.15, 0.2) is 0 Å². The number of rotatable bonds is 4. The van der Waals surface area contributed by atoms with Crippen LogP contribution in [-0.4, -0.2) is 31.8 Å². The SMILES string of the molecule is COC(OC)C(Cl)CCl. The first kappa shape index (κ1) is 9.50. The maximum atomic E-state index is 5.65. The number of ether oxygens (including phenoxy) is 2. The van der Waals surface area contributed by atoms with Gasteiger partial charge in [0, 0.05) is 20.1 Å². The first-order valence-electron chi connectivity index (χ1n) is 2.51. The van der Waals surface area contributed by atoms with Gasteiger partial charge in [-0.15, -0.1) is 23.2 Å². The zero-order chi connectivity index (χ0) is 7.28. The summed E-state index contributed by atoms with van der Waals surface area (Å²) in [6, 6.07) is 0. The normalized spacial score (nSPS) is 14.3. The van der Waals surface area contributed by atoms with Crippen molar-refractivity contribution in [1.29, 1.82) is 0 Å². The van der Waals surface area contributed by atoms with E-state index in [9.17, 15) is 0 Å². The minimum Gasteiger partial charge on any atom is -0.354 e. The van der Waals surface area contributed by atoms with Gasteiger partial charge in [-0.2, -0.15) is 0 Å². The number of hydrogen-bond donors (Lipinski definition) is 0. The Hall–Kier alpha value is 0.500. The molecule has 2 nitrogen and oxygen atoms in total. The smallest absolute Gasteiger partial charge is 0.174 e. The zero-order valence-corrected chi connectivity index (χ0v) is 6.95. The lowest BCUT2D eigenvalue weighted by atomic mass is 10.4. The van der Waals surface area contributed by atoms with Crippen LogP contribution in [0.1, 0.15) is 0 Å². The summed E-state index contributed by atoms with van der Waals surface area (Å²) in [5.74, 6) is 0.327. The quantitative estimate of drug-likeness (QED) is 0.473. The standard InChI is InChI=1S/C5H10Cl2O2/c1-8-5(9-2)4(7)3-6/h4-5H,3H2,1-2H3. The molecular weight excluding hydrogens is 163 g/mol. The first-order chi connectivity index (χ1) is 4.26. The van der Waals surface area contributed by atoms with E-state index in [1.165, 1.54) is 14.2 Å². The highest BCUT2D eigenvalue weighted by Gasteiger charge is 2.15. The second kappa shape index (κ2) is 5.30. The molecule has 0 radical (unpaired) electrons. The van der Waals surface area contributed by atoms with Crippen LogP contribution in [-0.2, 0) is 9.47 Å². The van der Waals surface area contributed by atoms with E-state index in [-0.39, 0.29) is 5.38 Å². The molecule has 0 N–H and O–H groups in total. The Kier molecular flexibility index (Phi) is 5.59. The van der Waals surface area contributed by atoms with Gasteiger partial charge >= 0.3 is 0 Å². The Labute approximate surface area is 65.0 Å². The van der Waals surface area contributed by atoms with Crippen molar-refractivity contribution >= 4 is 23.2 Å². The molecule has 0 fully saturated rings. The van der Waals surface area contributed by atoms with Gasteiger partial charge in [0.2, 0.25) is 0 Å². The Morgan fingerprint density at radius 2 is 1.78 bits per heavy atom. The van der Waals surface area contributed by atoms with Crippen LogP contribution in [0.25, 0.3) is 0 Å². The van der Waals surface area contributed by atoms with Crippen molar-refractivity contribution in [1.82, 2.24) is 0 Å². The largest absolute Gasteiger partial charge is 0.354 e. The van der Waals surface area contributed by atoms with Crippen molar-refractivity contribution in [2.45, 2.75) is 11.7 Å². The molecule has 0 aliphatic rings. The Morgan fingerprint density at radius 1 is 1.33 bits per heavy atom. The maximum Gasteiger partial charge on any atom is 0.174 e. The van der Waals surface area contributed by atoms with Crippen molar-refractivity contribution in [3.05, 3.63) is 0 Å². The molecule has 0 heterocycles. The van der Waals surface area contributed by atoms with Gasteiger partial charge in [-0.1, -0.05) is 0 Å². The third-order valence-corrected chi connectivity index (χ3v) is 1.76. The summed E-state index contributed by atoms with van der Waals surface area (Å²) < 4.78 is 9.63. The van der Waals surface area contributed by atoms with Crippen molar-refractivity contribution in [2.24, 2.45) is 0 Å². The molecule has 0 aliphatic carbocycles. The third-order valence-electron chi connectivity index (χ3n) is 0.907. The Balaban J connectivity index is 3.50. The summed E-state index contributed by atoms with van der Waals surface area (Å²) in [5.41, 5.74) is 0. The predicted molar refractivity (Wildman–Crippen MR) is 38.2 cm³/mol. The van der Waals surface area contributed by atoms with Gasteiger partial charge < -0.3 is 9.47 Å². The number of halogens is 2. The van der Waals surface area contributed by atoms with E-state index in [4.69, 9.17) is 32.7 Å². The van der Waals surface area contributed by atoms with Crippen molar-refractivity contribution < 1.29 is 9.47 Å². The molecule has 0 saturated heterocycles. The molecule has 0 saturated carbocycles. The summed E-state index contributed by atoms with van der Waals surface area (Å²) in [4.78, 5) is 0. The van der Waals surface area contributed by atoms with E-state index in [2.05, 4.69) is 0 Å². The minimum atomic E-state index is -0.399. The van der Waals surface area contributed by atoms with Crippen molar-refractivity contribution in [3.8, 4) is 0 Å². The van der Waals surface area contributed by atoms with E-state index < -0.39 is 6.29 Å². The highest BCUT2D eigenvalue weighted by molar-refractivity contribution is 6.28. The molecule has 1 unspecified atom stereocenters. The second-order valence-electron chi connectivity index (χ2n) is 1.51. The lowest BCUT2D eigenvalue weighted by Crippen LogP contribution is -2.26. The molecule has 0 amide bonds. The first-order valence-corrected chi connectivity index (χ1v) is 3.49. The van der Waals surface area contributed by atoms with Gasteiger partial charge in [0.1, 0.15) is 0 Å². The molecule has 0 aromatic carbocycles. The van der Waals surface area contributed by atoms with Gasteiger partial charge in [0.25, 0.3) is 0 Å². The summed E-state index contributed by atoms with van der Waals surface area (Å²) in [7, 11) is 3.05. The van der Waals surface area contributed by atoms with Crippen LogP contribution in [0, 0.1) is 0 Å². The van der Waals surface area contributed by atoms with E-state index in [0.717, 1.165) is 0 Å². The van der Waals surface area contributed by atoms with Gasteiger partial charge in [-0.3, -0.25) is 0 Å². The zero-order valence-electron chi connectivity index (χ0n) is 5.43. The summed E-state index contributed by atoms with van der Waals surface area (Å²) in [6.45, 7) is 0. The van der Waals surface area contributed by atoms with E-state index in [0.29, 0.717) is 5.88 Å². The molecule has 0 aromatic rings. The van der Waals surface area contributed by atoms with E-state index in [1.54, 1.807) is 0 Å². The molecule has 0 spiro atoms. The average Bonchev–Trinajstić information content (AvgIpc) is 1.90. The molecule has 56 valence electrons. The Bertz CT molecular complexity index is 66.0. The lowest BCUT2D eigenvalue weighted by molar-refractivity contribution is -0.0996. The molecule has 4 heteroatoms. The van der Waals surface area contributed by atoms with Crippen molar-refractivity contribution in [2.75, 3.05) is 20.1 Å².